The van der Waals surface area contributed by atoms with E-state index in [2.05, 4.69) is 4.72 Å². The van der Waals surface area contributed by atoms with Crippen LogP contribution in [0.25, 0.3) is 0 Å². The standard InChI is InChI=1S/C10H20N2O6S/c1-4-18-5-6-19(16,17)11-7-9(13)12(3)8(2)10(14)15/h8,11H,4-7H2,1-3H3,(H,14,15). The van der Waals surface area contributed by atoms with Crippen LogP contribution in [0.4, 0.5) is 0 Å². The third kappa shape index (κ3) is 7.09. The zero-order chi connectivity index (χ0) is 15.1. The number of hydrogen-bond acceptors (Lipinski definition) is 5. The predicted octanol–water partition coefficient (Wildman–Crippen LogP) is -1.13. The lowest BCUT2D eigenvalue weighted by Crippen LogP contribution is -2.45. The molecule has 0 fully saturated rings. The van der Waals surface area contributed by atoms with E-state index in [1.54, 1.807) is 6.92 Å². The Morgan fingerprint density at radius 3 is 2.47 bits per heavy atom. The van der Waals surface area contributed by atoms with Crippen molar-refractivity contribution in [2.75, 3.05) is 32.6 Å². The van der Waals surface area contributed by atoms with E-state index in [1.165, 1.54) is 14.0 Å². The average Bonchev–Trinajstić information content (AvgIpc) is 2.34. The van der Waals surface area contributed by atoms with E-state index in [-0.39, 0.29) is 12.4 Å². The van der Waals surface area contributed by atoms with Crippen molar-refractivity contribution in [1.29, 1.82) is 0 Å². The summed E-state index contributed by atoms with van der Waals surface area (Å²) in [5.41, 5.74) is 0. The fraction of sp³-hybridized carbons (Fsp3) is 0.800. The van der Waals surface area contributed by atoms with Gasteiger partial charge in [-0.25, -0.2) is 17.9 Å². The van der Waals surface area contributed by atoms with Crippen LogP contribution in [0.15, 0.2) is 0 Å². The molecular weight excluding hydrogens is 276 g/mol. The summed E-state index contributed by atoms with van der Waals surface area (Å²) in [7, 11) is -2.30. The van der Waals surface area contributed by atoms with Gasteiger partial charge >= 0.3 is 5.97 Å². The Morgan fingerprint density at radius 2 is 2.00 bits per heavy atom. The van der Waals surface area contributed by atoms with Crippen molar-refractivity contribution in [2.45, 2.75) is 19.9 Å². The van der Waals surface area contributed by atoms with Crippen LogP contribution < -0.4 is 4.72 Å². The fourth-order valence-electron chi connectivity index (χ4n) is 1.06. The maximum Gasteiger partial charge on any atom is 0.326 e. The summed E-state index contributed by atoms with van der Waals surface area (Å²) < 4.78 is 29.9. The number of nitrogens with zero attached hydrogens (tertiary/aromatic N) is 1. The van der Waals surface area contributed by atoms with Gasteiger partial charge in [0, 0.05) is 13.7 Å². The molecule has 0 aliphatic carbocycles. The number of rotatable bonds is 9. The average molecular weight is 296 g/mol. The van der Waals surface area contributed by atoms with Crippen LogP contribution in [0, 0.1) is 0 Å². The van der Waals surface area contributed by atoms with E-state index < -0.39 is 34.5 Å². The minimum Gasteiger partial charge on any atom is -0.480 e. The molecule has 0 saturated heterocycles. The van der Waals surface area contributed by atoms with Crippen LogP contribution in [0.2, 0.25) is 0 Å². The number of carboxylic acids is 1. The maximum atomic E-state index is 11.6. The highest BCUT2D eigenvalue weighted by Crippen LogP contribution is 1.96. The fourth-order valence-corrected chi connectivity index (χ4v) is 1.89. The molecule has 1 unspecified atom stereocenters. The molecule has 19 heavy (non-hydrogen) atoms. The lowest BCUT2D eigenvalue weighted by molar-refractivity contribution is -0.147. The van der Waals surface area contributed by atoms with Crippen LogP contribution in [0.5, 0.6) is 0 Å². The van der Waals surface area contributed by atoms with Crippen molar-refractivity contribution in [3.8, 4) is 0 Å². The lowest BCUT2D eigenvalue weighted by atomic mass is 10.3. The molecule has 0 radical (unpaired) electrons. The van der Waals surface area contributed by atoms with Gasteiger partial charge in [-0.15, -0.1) is 0 Å². The number of amides is 1. The second-order valence-corrected chi connectivity index (χ2v) is 5.78. The Balaban J connectivity index is 4.25. The molecule has 0 bridgehead atoms. The van der Waals surface area contributed by atoms with E-state index in [0.29, 0.717) is 6.61 Å². The van der Waals surface area contributed by atoms with Crippen LogP contribution in [-0.4, -0.2) is 68.9 Å². The first-order chi connectivity index (χ1) is 8.71. The zero-order valence-corrected chi connectivity index (χ0v) is 12.1. The molecule has 0 spiro atoms. The Morgan fingerprint density at radius 1 is 1.42 bits per heavy atom. The van der Waals surface area contributed by atoms with Crippen molar-refractivity contribution in [2.24, 2.45) is 0 Å². The number of carbonyl (C=O) groups excluding carboxylic acids is 1. The van der Waals surface area contributed by atoms with Gasteiger partial charge in [-0.05, 0) is 13.8 Å². The monoisotopic (exact) mass is 296 g/mol. The van der Waals surface area contributed by atoms with Gasteiger partial charge in [0.25, 0.3) is 0 Å². The van der Waals surface area contributed by atoms with Crippen molar-refractivity contribution >= 4 is 21.9 Å². The normalized spacial score (nSPS) is 13.0. The summed E-state index contributed by atoms with van der Waals surface area (Å²) in [6, 6.07) is -1.01. The summed E-state index contributed by atoms with van der Waals surface area (Å²) in [5.74, 6) is -2.02. The number of aliphatic carboxylic acids is 1. The van der Waals surface area contributed by atoms with E-state index in [9.17, 15) is 18.0 Å². The van der Waals surface area contributed by atoms with Gasteiger partial charge in [0.2, 0.25) is 15.9 Å². The molecule has 0 rings (SSSR count). The Bertz CT molecular complexity index is 408. The topological polar surface area (TPSA) is 113 Å². The van der Waals surface area contributed by atoms with Crippen LogP contribution in [0.3, 0.4) is 0 Å². The number of nitrogens with one attached hydrogen (secondary N) is 1. The summed E-state index contributed by atoms with van der Waals surface area (Å²) in [5, 5.41) is 8.72. The first-order valence-corrected chi connectivity index (χ1v) is 7.40. The summed E-state index contributed by atoms with van der Waals surface area (Å²) >= 11 is 0. The van der Waals surface area contributed by atoms with Gasteiger partial charge in [-0.3, -0.25) is 4.79 Å². The molecule has 0 aromatic carbocycles. The molecule has 8 nitrogen and oxygen atoms in total. The molecule has 1 amide bonds. The smallest absolute Gasteiger partial charge is 0.326 e. The number of hydrogen-bond donors (Lipinski definition) is 2. The van der Waals surface area contributed by atoms with Gasteiger partial charge in [-0.1, -0.05) is 0 Å². The largest absolute Gasteiger partial charge is 0.480 e. The van der Waals surface area contributed by atoms with Gasteiger partial charge in [0.05, 0.1) is 18.9 Å². The minimum atomic E-state index is -3.60. The van der Waals surface area contributed by atoms with Crippen LogP contribution in [-0.2, 0) is 24.3 Å². The quantitative estimate of drug-likeness (QED) is 0.521. The molecule has 0 saturated carbocycles. The Hall–Kier alpha value is -1.19. The third-order valence-corrected chi connectivity index (χ3v) is 3.76. The molecule has 1 atom stereocenters. The van der Waals surface area contributed by atoms with E-state index in [0.717, 1.165) is 4.90 Å². The molecule has 0 aromatic rings. The van der Waals surface area contributed by atoms with Gasteiger partial charge < -0.3 is 14.7 Å². The molecule has 112 valence electrons. The SMILES string of the molecule is CCOCCS(=O)(=O)NCC(=O)N(C)C(C)C(=O)O. The number of carboxylic acid groups (broad SMARTS) is 1. The van der Waals surface area contributed by atoms with Crippen LogP contribution in [0.1, 0.15) is 13.8 Å². The Kier molecular flexibility index (Phi) is 7.57. The summed E-state index contributed by atoms with van der Waals surface area (Å²) in [4.78, 5) is 23.2. The van der Waals surface area contributed by atoms with E-state index >= 15 is 0 Å². The van der Waals surface area contributed by atoms with Crippen molar-refractivity contribution in [1.82, 2.24) is 9.62 Å². The van der Waals surface area contributed by atoms with E-state index in [1.807, 2.05) is 0 Å². The molecule has 0 aliphatic rings. The lowest BCUT2D eigenvalue weighted by Gasteiger charge is -2.21. The second-order valence-electron chi connectivity index (χ2n) is 3.86. The molecular formula is C10H20N2O6S. The number of sulfonamides is 1. The van der Waals surface area contributed by atoms with Crippen LogP contribution >= 0.6 is 0 Å². The van der Waals surface area contributed by atoms with E-state index in [4.69, 9.17) is 9.84 Å². The molecule has 0 aromatic heterocycles. The van der Waals surface area contributed by atoms with Crippen molar-refractivity contribution in [3.63, 3.8) is 0 Å². The zero-order valence-electron chi connectivity index (χ0n) is 11.2. The Labute approximate surface area is 112 Å². The number of carbonyl (C=O) groups is 2. The number of ether oxygens (including phenoxy) is 1. The maximum absolute atomic E-state index is 11.6. The molecule has 0 heterocycles. The minimum absolute atomic E-state index is 0.0430. The molecule has 9 heteroatoms. The first-order valence-electron chi connectivity index (χ1n) is 5.74. The highest BCUT2D eigenvalue weighted by Gasteiger charge is 2.22. The van der Waals surface area contributed by atoms with Crippen molar-refractivity contribution < 1.29 is 27.9 Å². The predicted molar refractivity (Wildman–Crippen MR) is 68.2 cm³/mol. The summed E-state index contributed by atoms with van der Waals surface area (Å²) in [6.45, 7) is 3.06. The van der Waals surface area contributed by atoms with Gasteiger partial charge in [0.15, 0.2) is 0 Å². The highest BCUT2D eigenvalue weighted by atomic mass is 32.2. The van der Waals surface area contributed by atoms with Gasteiger partial charge in [-0.2, -0.15) is 0 Å². The highest BCUT2D eigenvalue weighted by molar-refractivity contribution is 7.89. The van der Waals surface area contributed by atoms with Crippen molar-refractivity contribution in [3.05, 3.63) is 0 Å². The number of likely N-dealkylation sites (N-methyl/N-ethyl adjacent to an activating group) is 1. The summed E-state index contributed by atoms with van der Waals surface area (Å²) in [6.07, 6.45) is 0. The second kappa shape index (κ2) is 8.08. The first kappa shape index (κ1) is 17.8. The molecule has 0 aliphatic heterocycles. The van der Waals surface area contributed by atoms with Gasteiger partial charge in [0.1, 0.15) is 6.04 Å². The molecule has 2 N–H and O–H groups in total. The third-order valence-electron chi connectivity index (χ3n) is 2.48.